The SMILES string of the molecule is CCC(Oc1ccc(N(C)S(C)(=O)=O)cc1)C(=O)NC(CC)c1ccc(C)cc1C. The number of carbonyl (C=O) groups excluding carboxylic acids is 1. The molecule has 2 aromatic rings. The third-order valence-corrected chi connectivity index (χ3v) is 6.37. The molecule has 0 fully saturated rings. The van der Waals surface area contributed by atoms with E-state index >= 15 is 0 Å². The molecule has 164 valence electrons. The summed E-state index contributed by atoms with van der Waals surface area (Å²) in [4.78, 5) is 12.9. The zero-order chi connectivity index (χ0) is 22.5. The van der Waals surface area contributed by atoms with E-state index in [0.717, 1.165) is 23.8 Å². The fourth-order valence-electron chi connectivity index (χ4n) is 3.29. The Balaban J connectivity index is 2.10. The van der Waals surface area contributed by atoms with E-state index in [-0.39, 0.29) is 11.9 Å². The Hall–Kier alpha value is -2.54. The second-order valence-corrected chi connectivity index (χ2v) is 9.58. The molecule has 0 saturated heterocycles. The van der Waals surface area contributed by atoms with E-state index in [4.69, 9.17) is 4.74 Å². The average Bonchev–Trinajstić information content (AvgIpc) is 2.69. The number of hydrogen-bond acceptors (Lipinski definition) is 4. The van der Waals surface area contributed by atoms with Gasteiger partial charge in [0.1, 0.15) is 5.75 Å². The van der Waals surface area contributed by atoms with E-state index < -0.39 is 16.1 Å². The largest absolute Gasteiger partial charge is 0.481 e. The molecule has 30 heavy (non-hydrogen) atoms. The topological polar surface area (TPSA) is 75.7 Å². The molecule has 0 aromatic heterocycles. The number of sulfonamides is 1. The summed E-state index contributed by atoms with van der Waals surface area (Å²) < 4.78 is 30.4. The summed E-state index contributed by atoms with van der Waals surface area (Å²) in [6.07, 6.45) is 1.80. The summed E-state index contributed by atoms with van der Waals surface area (Å²) in [6, 6.07) is 12.8. The van der Waals surface area contributed by atoms with Crippen molar-refractivity contribution in [3.05, 3.63) is 59.2 Å². The molecular weight excluding hydrogens is 400 g/mol. The minimum atomic E-state index is -3.33. The number of hydrogen-bond donors (Lipinski definition) is 1. The van der Waals surface area contributed by atoms with Gasteiger partial charge in [-0.3, -0.25) is 9.10 Å². The van der Waals surface area contributed by atoms with Crippen molar-refractivity contribution in [1.82, 2.24) is 5.32 Å². The number of aryl methyl sites for hydroxylation is 2. The Morgan fingerprint density at radius 1 is 1.07 bits per heavy atom. The van der Waals surface area contributed by atoms with Gasteiger partial charge in [-0.25, -0.2) is 8.42 Å². The summed E-state index contributed by atoms with van der Waals surface area (Å²) in [5.74, 6) is 0.351. The molecule has 7 heteroatoms. The number of rotatable bonds is 9. The Kier molecular flexibility index (Phi) is 7.89. The number of benzene rings is 2. The Morgan fingerprint density at radius 3 is 2.20 bits per heavy atom. The van der Waals surface area contributed by atoms with E-state index in [1.54, 1.807) is 24.3 Å². The summed E-state index contributed by atoms with van der Waals surface area (Å²) in [7, 11) is -1.84. The predicted octanol–water partition coefficient (Wildman–Crippen LogP) is 4.12. The molecule has 0 bridgehead atoms. The molecule has 2 rings (SSSR count). The highest BCUT2D eigenvalue weighted by Crippen LogP contribution is 2.24. The molecule has 2 aromatic carbocycles. The van der Waals surface area contributed by atoms with Crippen LogP contribution in [-0.2, 0) is 14.8 Å². The highest BCUT2D eigenvalue weighted by molar-refractivity contribution is 7.92. The minimum absolute atomic E-state index is 0.0819. The standard InChI is InChI=1S/C23H32N2O4S/c1-7-21(20-14-9-16(3)15-17(20)4)24-23(26)22(8-2)29-19-12-10-18(11-13-19)25(5)30(6,27)28/h9-15,21-22H,7-8H2,1-6H3,(H,24,26). The summed E-state index contributed by atoms with van der Waals surface area (Å²) in [5, 5.41) is 3.11. The van der Waals surface area contributed by atoms with Crippen LogP contribution in [0.1, 0.15) is 49.4 Å². The lowest BCUT2D eigenvalue weighted by Crippen LogP contribution is -2.40. The van der Waals surface area contributed by atoms with E-state index in [1.807, 2.05) is 13.8 Å². The lowest BCUT2D eigenvalue weighted by Gasteiger charge is -2.24. The van der Waals surface area contributed by atoms with Gasteiger partial charge in [0.15, 0.2) is 6.10 Å². The first kappa shape index (κ1) is 23.7. The molecule has 0 aliphatic heterocycles. The van der Waals surface area contributed by atoms with Crippen molar-refractivity contribution in [3.63, 3.8) is 0 Å². The number of carbonyl (C=O) groups is 1. The Morgan fingerprint density at radius 2 is 1.70 bits per heavy atom. The molecule has 0 aliphatic rings. The van der Waals surface area contributed by atoms with Gasteiger partial charge in [-0.2, -0.15) is 0 Å². The van der Waals surface area contributed by atoms with Gasteiger partial charge in [0.2, 0.25) is 10.0 Å². The smallest absolute Gasteiger partial charge is 0.261 e. The van der Waals surface area contributed by atoms with Gasteiger partial charge in [-0.15, -0.1) is 0 Å². The van der Waals surface area contributed by atoms with Crippen LogP contribution >= 0.6 is 0 Å². The number of nitrogens with zero attached hydrogens (tertiary/aromatic N) is 1. The lowest BCUT2D eigenvalue weighted by molar-refractivity contribution is -0.128. The van der Waals surface area contributed by atoms with Gasteiger partial charge in [0.05, 0.1) is 18.0 Å². The quantitative estimate of drug-likeness (QED) is 0.647. The van der Waals surface area contributed by atoms with Crippen LogP contribution in [0.15, 0.2) is 42.5 Å². The molecule has 0 radical (unpaired) electrons. The zero-order valence-electron chi connectivity index (χ0n) is 18.6. The predicted molar refractivity (Wildman–Crippen MR) is 121 cm³/mol. The van der Waals surface area contributed by atoms with Gasteiger partial charge in [-0.1, -0.05) is 37.6 Å². The molecule has 6 nitrogen and oxygen atoms in total. The first-order chi connectivity index (χ1) is 14.1. The number of ether oxygens (including phenoxy) is 1. The first-order valence-electron chi connectivity index (χ1n) is 10.1. The fraction of sp³-hybridized carbons (Fsp3) is 0.435. The lowest BCUT2D eigenvalue weighted by atomic mass is 9.97. The van der Waals surface area contributed by atoms with Crippen LogP contribution in [0, 0.1) is 13.8 Å². The van der Waals surface area contributed by atoms with Gasteiger partial charge >= 0.3 is 0 Å². The average molecular weight is 433 g/mol. The third kappa shape index (κ3) is 5.98. The van der Waals surface area contributed by atoms with E-state index in [2.05, 4.69) is 37.4 Å². The molecule has 1 amide bonds. The summed E-state index contributed by atoms with van der Waals surface area (Å²) in [5.41, 5.74) is 3.99. The van der Waals surface area contributed by atoms with Crippen molar-refractivity contribution in [2.24, 2.45) is 0 Å². The second kappa shape index (κ2) is 9.98. The summed E-state index contributed by atoms with van der Waals surface area (Å²) >= 11 is 0. The van der Waals surface area contributed by atoms with E-state index in [1.165, 1.54) is 16.9 Å². The molecule has 1 N–H and O–H groups in total. The monoisotopic (exact) mass is 432 g/mol. The number of anilines is 1. The number of nitrogens with one attached hydrogen (secondary N) is 1. The van der Waals surface area contributed by atoms with Crippen LogP contribution < -0.4 is 14.4 Å². The molecular formula is C23H32N2O4S. The molecule has 2 atom stereocenters. The molecule has 2 unspecified atom stereocenters. The van der Waals surface area contributed by atoms with Crippen molar-refractivity contribution < 1.29 is 17.9 Å². The zero-order valence-corrected chi connectivity index (χ0v) is 19.4. The Bertz CT molecular complexity index is 971. The van der Waals surface area contributed by atoms with Crippen LogP contribution in [0.4, 0.5) is 5.69 Å². The maximum atomic E-state index is 12.9. The highest BCUT2D eigenvalue weighted by Gasteiger charge is 2.23. The minimum Gasteiger partial charge on any atom is -0.481 e. The maximum absolute atomic E-state index is 12.9. The van der Waals surface area contributed by atoms with Gasteiger partial charge in [-0.05, 0) is 62.1 Å². The highest BCUT2D eigenvalue weighted by atomic mass is 32.2. The van der Waals surface area contributed by atoms with Crippen molar-refractivity contribution in [2.45, 2.75) is 52.7 Å². The van der Waals surface area contributed by atoms with Gasteiger partial charge < -0.3 is 10.1 Å². The van der Waals surface area contributed by atoms with E-state index in [0.29, 0.717) is 17.9 Å². The van der Waals surface area contributed by atoms with Gasteiger partial charge in [0, 0.05) is 7.05 Å². The molecule has 0 aliphatic carbocycles. The van der Waals surface area contributed by atoms with Crippen molar-refractivity contribution in [3.8, 4) is 5.75 Å². The first-order valence-corrected chi connectivity index (χ1v) is 12.0. The molecule has 0 spiro atoms. The van der Waals surface area contributed by atoms with Crippen LogP contribution in [0.3, 0.4) is 0 Å². The fourth-order valence-corrected chi connectivity index (χ4v) is 3.80. The van der Waals surface area contributed by atoms with Gasteiger partial charge in [0.25, 0.3) is 5.91 Å². The van der Waals surface area contributed by atoms with Crippen LogP contribution in [0.5, 0.6) is 5.75 Å². The van der Waals surface area contributed by atoms with Crippen molar-refractivity contribution in [1.29, 1.82) is 0 Å². The third-order valence-electron chi connectivity index (χ3n) is 5.16. The molecule has 0 heterocycles. The van der Waals surface area contributed by atoms with Crippen molar-refractivity contribution in [2.75, 3.05) is 17.6 Å². The maximum Gasteiger partial charge on any atom is 0.261 e. The van der Waals surface area contributed by atoms with Crippen molar-refractivity contribution >= 4 is 21.6 Å². The summed E-state index contributed by atoms with van der Waals surface area (Å²) in [6.45, 7) is 8.05. The normalized spacial score (nSPS) is 13.4. The molecule has 0 saturated carbocycles. The van der Waals surface area contributed by atoms with E-state index in [9.17, 15) is 13.2 Å². The van der Waals surface area contributed by atoms with Crippen LogP contribution in [0.2, 0.25) is 0 Å². The second-order valence-electron chi connectivity index (χ2n) is 7.57. The van der Waals surface area contributed by atoms with Crippen LogP contribution in [0.25, 0.3) is 0 Å². The Labute approximate surface area is 180 Å². The number of amides is 1. The van der Waals surface area contributed by atoms with Crippen LogP contribution in [-0.4, -0.2) is 33.7 Å².